The largest absolute Gasteiger partial charge is 0.455 e. The number of rotatable bonds is 6. The van der Waals surface area contributed by atoms with E-state index in [-0.39, 0.29) is 5.02 Å². The lowest BCUT2D eigenvalue weighted by Gasteiger charge is -2.13. The molecule has 0 saturated heterocycles. The molecule has 2 aromatic carbocycles. The van der Waals surface area contributed by atoms with Gasteiger partial charge in [-0.1, -0.05) is 42.3 Å². The molecule has 0 heterocycles. The van der Waals surface area contributed by atoms with Crippen LogP contribution >= 0.6 is 23.2 Å². The number of benzene rings is 2. The van der Waals surface area contributed by atoms with Crippen molar-refractivity contribution in [2.45, 2.75) is 19.9 Å². The second-order valence-corrected chi connectivity index (χ2v) is 5.40. The molecule has 0 fully saturated rings. The fourth-order valence-electron chi connectivity index (χ4n) is 1.87. The maximum atomic E-state index is 13.5. The van der Waals surface area contributed by atoms with Crippen molar-refractivity contribution in [2.24, 2.45) is 0 Å². The van der Waals surface area contributed by atoms with Gasteiger partial charge < -0.3 is 10.1 Å². The van der Waals surface area contributed by atoms with Gasteiger partial charge in [-0.15, -0.1) is 0 Å². The Morgan fingerprint density at radius 3 is 2.67 bits per heavy atom. The van der Waals surface area contributed by atoms with Crippen molar-refractivity contribution in [3.8, 4) is 11.5 Å². The van der Waals surface area contributed by atoms with Crippen LogP contribution in [0.3, 0.4) is 0 Å². The lowest BCUT2D eigenvalue weighted by molar-refractivity contribution is 0.468. The smallest absolute Gasteiger partial charge is 0.150 e. The highest BCUT2D eigenvalue weighted by atomic mass is 35.5. The third-order valence-corrected chi connectivity index (χ3v) is 3.51. The van der Waals surface area contributed by atoms with Crippen molar-refractivity contribution in [2.75, 3.05) is 6.54 Å². The zero-order valence-electron chi connectivity index (χ0n) is 11.6. The first kappa shape index (κ1) is 16.1. The van der Waals surface area contributed by atoms with Gasteiger partial charge in [0, 0.05) is 18.2 Å². The molecule has 2 rings (SSSR count). The Morgan fingerprint density at radius 1 is 1.14 bits per heavy atom. The fraction of sp³-hybridized carbons (Fsp3) is 0.250. The van der Waals surface area contributed by atoms with E-state index in [0.29, 0.717) is 23.1 Å². The Morgan fingerprint density at radius 2 is 1.95 bits per heavy atom. The molecule has 1 N–H and O–H groups in total. The monoisotopic (exact) mass is 327 g/mol. The van der Waals surface area contributed by atoms with Crippen LogP contribution in [0.4, 0.5) is 4.39 Å². The van der Waals surface area contributed by atoms with E-state index in [4.69, 9.17) is 27.9 Å². The van der Waals surface area contributed by atoms with Gasteiger partial charge in [0.05, 0.1) is 10.0 Å². The van der Waals surface area contributed by atoms with Gasteiger partial charge in [0.25, 0.3) is 0 Å². The molecule has 0 amide bonds. The summed E-state index contributed by atoms with van der Waals surface area (Å²) in [4.78, 5) is 0. The standard InChI is InChI=1S/C16H16Cl2FNO/c1-2-8-20-10-11-4-3-5-14(18)16(11)21-12-6-7-13(17)15(19)9-12/h3-7,9,20H,2,8,10H2,1H3. The van der Waals surface area contributed by atoms with Gasteiger partial charge in [-0.05, 0) is 31.2 Å². The molecule has 0 aliphatic rings. The van der Waals surface area contributed by atoms with Gasteiger partial charge in [0.2, 0.25) is 0 Å². The Labute approximate surface area is 133 Å². The molecule has 5 heteroatoms. The van der Waals surface area contributed by atoms with E-state index in [0.717, 1.165) is 18.5 Å². The van der Waals surface area contributed by atoms with E-state index in [1.54, 1.807) is 12.1 Å². The number of hydrogen-bond donors (Lipinski definition) is 1. The third kappa shape index (κ3) is 4.34. The minimum absolute atomic E-state index is 0.0614. The summed E-state index contributed by atoms with van der Waals surface area (Å²) in [7, 11) is 0. The SMILES string of the molecule is CCCNCc1cccc(Cl)c1Oc1ccc(Cl)c(F)c1. The number of halogens is 3. The van der Waals surface area contributed by atoms with Crippen molar-refractivity contribution in [1.29, 1.82) is 0 Å². The molecule has 2 nitrogen and oxygen atoms in total. The predicted molar refractivity (Wildman–Crippen MR) is 84.9 cm³/mol. The maximum absolute atomic E-state index is 13.5. The van der Waals surface area contributed by atoms with Crippen LogP contribution in [0.1, 0.15) is 18.9 Å². The van der Waals surface area contributed by atoms with E-state index < -0.39 is 5.82 Å². The number of nitrogens with one attached hydrogen (secondary N) is 1. The second-order valence-electron chi connectivity index (χ2n) is 4.58. The van der Waals surface area contributed by atoms with E-state index in [1.807, 2.05) is 12.1 Å². The highest BCUT2D eigenvalue weighted by Crippen LogP contribution is 2.34. The zero-order valence-corrected chi connectivity index (χ0v) is 13.1. The number of para-hydroxylation sites is 1. The molecule has 0 saturated carbocycles. The molecule has 0 aromatic heterocycles. The first-order valence-corrected chi connectivity index (χ1v) is 7.48. The summed E-state index contributed by atoms with van der Waals surface area (Å²) in [5.41, 5.74) is 0.923. The lowest BCUT2D eigenvalue weighted by Crippen LogP contribution is -2.14. The summed E-state index contributed by atoms with van der Waals surface area (Å²) >= 11 is 11.9. The van der Waals surface area contributed by atoms with E-state index in [1.165, 1.54) is 12.1 Å². The number of hydrogen-bond acceptors (Lipinski definition) is 2. The van der Waals surface area contributed by atoms with Crippen LogP contribution in [0.2, 0.25) is 10.0 Å². The van der Waals surface area contributed by atoms with Crippen molar-refractivity contribution in [3.05, 3.63) is 57.8 Å². The maximum Gasteiger partial charge on any atom is 0.150 e. The van der Waals surface area contributed by atoms with Crippen LogP contribution in [0.5, 0.6) is 11.5 Å². The van der Waals surface area contributed by atoms with Crippen LogP contribution in [-0.4, -0.2) is 6.54 Å². The molecule has 0 spiro atoms. The van der Waals surface area contributed by atoms with Gasteiger partial charge in [0.15, 0.2) is 0 Å². The van der Waals surface area contributed by atoms with Gasteiger partial charge in [-0.3, -0.25) is 0 Å². The molecule has 0 atom stereocenters. The second kappa shape index (κ2) is 7.64. The highest BCUT2D eigenvalue weighted by Gasteiger charge is 2.11. The molecule has 0 bridgehead atoms. The Hall–Kier alpha value is -1.29. The van der Waals surface area contributed by atoms with E-state index in [2.05, 4.69) is 12.2 Å². The molecule has 0 radical (unpaired) electrons. The minimum atomic E-state index is -0.521. The Kier molecular flexibility index (Phi) is 5.85. The third-order valence-electron chi connectivity index (χ3n) is 2.90. The molecular weight excluding hydrogens is 312 g/mol. The molecule has 112 valence electrons. The summed E-state index contributed by atoms with van der Waals surface area (Å²) in [5, 5.41) is 3.84. The molecular formula is C16H16Cl2FNO. The summed E-state index contributed by atoms with van der Waals surface area (Å²) in [6, 6.07) is 9.84. The normalized spacial score (nSPS) is 10.7. The molecule has 0 aliphatic heterocycles. The zero-order chi connectivity index (χ0) is 15.2. The van der Waals surface area contributed by atoms with Gasteiger partial charge in [0.1, 0.15) is 17.3 Å². The van der Waals surface area contributed by atoms with Crippen LogP contribution in [-0.2, 0) is 6.54 Å². The van der Waals surface area contributed by atoms with Gasteiger partial charge in [-0.25, -0.2) is 4.39 Å². The summed E-state index contributed by atoms with van der Waals surface area (Å²) < 4.78 is 19.2. The van der Waals surface area contributed by atoms with Crippen molar-refractivity contribution in [1.82, 2.24) is 5.32 Å². The average Bonchev–Trinajstić information content (AvgIpc) is 2.46. The lowest BCUT2D eigenvalue weighted by atomic mass is 10.2. The summed E-state index contributed by atoms with van der Waals surface area (Å²) in [6.45, 7) is 3.64. The van der Waals surface area contributed by atoms with Crippen molar-refractivity contribution < 1.29 is 9.13 Å². The Bertz CT molecular complexity index is 619. The topological polar surface area (TPSA) is 21.3 Å². The van der Waals surface area contributed by atoms with Gasteiger partial charge in [-0.2, -0.15) is 0 Å². The highest BCUT2D eigenvalue weighted by molar-refractivity contribution is 6.32. The molecule has 2 aromatic rings. The van der Waals surface area contributed by atoms with Crippen LogP contribution in [0.25, 0.3) is 0 Å². The van der Waals surface area contributed by atoms with Crippen molar-refractivity contribution >= 4 is 23.2 Å². The van der Waals surface area contributed by atoms with Crippen molar-refractivity contribution in [3.63, 3.8) is 0 Å². The van der Waals surface area contributed by atoms with Crippen LogP contribution < -0.4 is 10.1 Å². The van der Waals surface area contributed by atoms with Crippen LogP contribution in [0, 0.1) is 5.82 Å². The molecule has 0 aliphatic carbocycles. The minimum Gasteiger partial charge on any atom is -0.455 e. The first-order chi connectivity index (χ1) is 10.1. The first-order valence-electron chi connectivity index (χ1n) is 6.73. The summed E-state index contributed by atoms with van der Waals surface area (Å²) in [5.74, 6) is 0.373. The fourth-order valence-corrected chi connectivity index (χ4v) is 2.22. The predicted octanol–water partition coefficient (Wildman–Crippen LogP) is 5.42. The Balaban J connectivity index is 2.23. The quantitative estimate of drug-likeness (QED) is 0.715. The van der Waals surface area contributed by atoms with Crippen LogP contribution in [0.15, 0.2) is 36.4 Å². The summed E-state index contributed by atoms with van der Waals surface area (Å²) in [6.07, 6.45) is 1.04. The van der Waals surface area contributed by atoms with Gasteiger partial charge >= 0.3 is 0 Å². The molecule has 0 unspecified atom stereocenters. The van der Waals surface area contributed by atoms with E-state index in [9.17, 15) is 4.39 Å². The van der Waals surface area contributed by atoms with E-state index >= 15 is 0 Å². The number of ether oxygens (including phenoxy) is 1. The molecule has 21 heavy (non-hydrogen) atoms. The average molecular weight is 328 g/mol.